The minimum Gasteiger partial charge on any atom is -0.356 e. The van der Waals surface area contributed by atoms with E-state index in [0.717, 1.165) is 49.7 Å². The molecule has 1 aliphatic heterocycles. The molecule has 3 aromatic rings. The Morgan fingerprint density at radius 1 is 1.03 bits per heavy atom. The summed E-state index contributed by atoms with van der Waals surface area (Å²) in [7, 11) is 0. The summed E-state index contributed by atoms with van der Waals surface area (Å²) in [6.07, 6.45) is 5.31. The lowest BCUT2D eigenvalue weighted by molar-refractivity contribution is 0.349. The minimum atomic E-state index is 0.0474. The molecule has 4 heterocycles. The zero-order valence-corrected chi connectivity index (χ0v) is 17.6. The molecule has 0 unspecified atom stereocenters. The van der Waals surface area contributed by atoms with Crippen LogP contribution in [0.3, 0.4) is 0 Å². The number of piperidine rings is 1. The van der Waals surface area contributed by atoms with E-state index in [1.54, 1.807) is 23.3 Å². The topological polar surface area (TPSA) is 81.2 Å². The Hall–Kier alpha value is -2.77. The number of hydrogen-bond acceptors (Lipinski definition) is 6. The first kappa shape index (κ1) is 19.5. The molecule has 0 atom stereocenters. The highest BCUT2D eigenvalue weighted by molar-refractivity contribution is 5.48. The molecule has 29 heavy (non-hydrogen) atoms. The lowest BCUT2D eigenvalue weighted by Gasteiger charge is -2.33. The van der Waals surface area contributed by atoms with Gasteiger partial charge in [-0.15, -0.1) is 0 Å². The molecule has 0 bridgehead atoms. The summed E-state index contributed by atoms with van der Waals surface area (Å²) in [6, 6.07) is 3.80. The van der Waals surface area contributed by atoms with Gasteiger partial charge < -0.3 is 4.90 Å². The molecule has 0 spiro atoms. The van der Waals surface area contributed by atoms with Crippen molar-refractivity contribution in [1.29, 1.82) is 0 Å². The Morgan fingerprint density at radius 2 is 1.76 bits per heavy atom. The van der Waals surface area contributed by atoms with E-state index in [1.165, 1.54) is 0 Å². The Morgan fingerprint density at radius 3 is 2.41 bits per heavy atom. The second kappa shape index (κ2) is 7.93. The van der Waals surface area contributed by atoms with Crippen molar-refractivity contribution in [2.24, 2.45) is 5.92 Å². The molecule has 154 valence electrons. The molecule has 1 fully saturated rings. The average molecular weight is 396 g/mol. The van der Waals surface area contributed by atoms with Gasteiger partial charge in [-0.25, -0.2) is 9.97 Å². The number of fused-ring (bicyclic) bond motifs is 1. The van der Waals surface area contributed by atoms with E-state index in [1.807, 2.05) is 4.52 Å². The number of rotatable bonds is 5. The van der Waals surface area contributed by atoms with E-state index < -0.39 is 0 Å². The van der Waals surface area contributed by atoms with E-state index in [0.29, 0.717) is 17.6 Å². The second-order valence-electron chi connectivity index (χ2n) is 8.56. The fourth-order valence-corrected chi connectivity index (χ4v) is 3.85. The van der Waals surface area contributed by atoms with Gasteiger partial charge in [0.1, 0.15) is 12.1 Å². The minimum absolute atomic E-state index is 0.0474. The lowest BCUT2D eigenvalue weighted by atomic mass is 9.96. The van der Waals surface area contributed by atoms with Crippen LogP contribution in [0, 0.1) is 5.92 Å². The molecule has 0 amide bonds. The Labute approximate surface area is 170 Å². The van der Waals surface area contributed by atoms with Crippen LogP contribution >= 0.6 is 0 Å². The van der Waals surface area contributed by atoms with Gasteiger partial charge in [0.25, 0.3) is 11.3 Å². The number of anilines is 1. The van der Waals surface area contributed by atoms with Crippen LogP contribution in [0.2, 0.25) is 0 Å². The first-order chi connectivity index (χ1) is 13.9. The van der Waals surface area contributed by atoms with Crippen LogP contribution in [-0.2, 0) is 6.54 Å². The van der Waals surface area contributed by atoms with Crippen LogP contribution in [0.5, 0.6) is 0 Å². The van der Waals surface area contributed by atoms with Gasteiger partial charge in [-0.3, -0.25) is 9.36 Å². The molecular weight excluding hydrogens is 366 g/mol. The van der Waals surface area contributed by atoms with Gasteiger partial charge >= 0.3 is 0 Å². The largest absolute Gasteiger partial charge is 0.356 e. The molecule has 3 aromatic heterocycles. The SMILES string of the molecule is CC(C)c1cc(=O)n(CC2CCN(c3cc(C(C)C)nc4ncnn34)CC2)cn1. The molecule has 0 saturated carbocycles. The van der Waals surface area contributed by atoms with Crippen molar-refractivity contribution in [3.05, 3.63) is 46.5 Å². The predicted octanol–water partition coefficient (Wildman–Crippen LogP) is 2.84. The van der Waals surface area contributed by atoms with Gasteiger partial charge in [0.05, 0.1) is 17.7 Å². The zero-order chi connectivity index (χ0) is 20.5. The maximum atomic E-state index is 12.4. The standard InChI is InChI=1S/C21H29N7O/c1-14(2)17-10-20(29)27(13-23-17)11-16-5-7-26(8-6-16)19-9-18(15(3)4)25-21-22-12-24-28(19)21/h9-10,12-16H,5-8,11H2,1-4H3. The van der Waals surface area contributed by atoms with E-state index in [4.69, 9.17) is 0 Å². The average Bonchev–Trinajstić information content (AvgIpc) is 3.18. The highest BCUT2D eigenvalue weighted by atomic mass is 16.1. The fraction of sp³-hybridized carbons (Fsp3) is 0.571. The zero-order valence-electron chi connectivity index (χ0n) is 17.6. The molecule has 0 radical (unpaired) electrons. The number of nitrogens with zero attached hydrogens (tertiary/aromatic N) is 7. The second-order valence-corrected chi connectivity index (χ2v) is 8.56. The van der Waals surface area contributed by atoms with Crippen molar-refractivity contribution in [2.45, 2.75) is 58.9 Å². The van der Waals surface area contributed by atoms with Crippen molar-refractivity contribution < 1.29 is 0 Å². The highest BCUT2D eigenvalue weighted by Gasteiger charge is 2.23. The van der Waals surface area contributed by atoms with Crippen LogP contribution in [0.25, 0.3) is 5.78 Å². The molecular formula is C21H29N7O. The monoisotopic (exact) mass is 395 g/mol. The molecule has 8 nitrogen and oxygen atoms in total. The van der Waals surface area contributed by atoms with Crippen LogP contribution in [0.1, 0.15) is 63.8 Å². The van der Waals surface area contributed by atoms with Gasteiger partial charge in [-0.2, -0.15) is 14.6 Å². The van der Waals surface area contributed by atoms with Gasteiger partial charge in [0, 0.05) is 31.8 Å². The summed E-state index contributed by atoms with van der Waals surface area (Å²) in [5.41, 5.74) is 1.94. The Kier molecular flexibility index (Phi) is 5.34. The predicted molar refractivity (Wildman–Crippen MR) is 112 cm³/mol. The molecule has 0 aromatic carbocycles. The van der Waals surface area contributed by atoms with Gasteiger partial charge in [0.2, 0.25) is 0 Å². The van der Waals surface area contributed by atoms with Gasteiger partial charge in [-0.1, -0.05) is 27.7 Å². The van der Waals surface area contributed by atoms with Crippen molar-refractivity contribution in [3.63, 3.8) is 0 Å². The Bertz CT molecular complexity index is 1040. The van der Waals surface area contributed by atoms with Gasteiger partial charge in [0.15, 0.2) is 0 Å². The van der Waals surface area contributed by atoms with Crippen molar-refractivity contribution in [1.82, 2.24) is 29.1 Å². The van der Waals surface area contributed by atoms with Crippen molar-refractivity contribution in [2.75, 3.05) is 18.0 Å². The molecule has 8 heteroatoms. The maximum absolute atomic E-state index is 12.4. The molecule has 0 N–H and O–H groups in total. The summed E-state index contributed by atoms with van der Waals surface area (Å²) in [4.78, 5) is 28.1. The summed E-state index contributed by atoms with van der Waals surface area (Å²) in [6.45, 7) is 11.0. The highest BCUT2D eigenvalue weighted by Crippen LogP contribution is 2.26. The van der Waals surface area contributed by atoms with E-state index in [2.05, 4.69) is 58.7 Å². The molecule has 0 aliphatic carbocycles. The summed E-state index contributed by atoms with van der Waals surface area (Å²) in [5, 5.41) is 4.36. The lowest BCUT2D eigenvalue weighted by Crippen LogP contribution is -2.37. The normalized spacial score (nSPS) is 15.7. The third-order valence-corrected chi connectivity index (χ3v) is 5.73. The van der Waals surface area contributed by atoms with Crippen LogP contribution in [0.15, 0.2) is 29.6 Å². The van der Waals surface area contributed by atoms with Crippen LogP contribution < -0.4 is 10.5 Å². The van der Waals surface area contributed by atoms with Crippen molar-refractivity contribution >= 4 is 11.6 Å². The first-order valence-corrected chi connectivity index (χ1v) is 10.4. The first-order valence-electron chi connectivity index (χ1n) is 10.4. The van der Waals surface area contributed by atoms with E-state index in [9.17, 15) is 4.79 Å². The maximum Gasteiger partial charge on any atom is 0.254 e. The smallest absolute Gasteiger partial charge is 0.254 e. The Balaban J connectivity index is 1.47. The molecule has 1 saturated heterocycles. The summed E-state index contributed by atoms with van der Waals surface area (Å²) < 4.78 is 3.58. The van der Waals surface area contributed by atoms with Crippen LogP contribution in [-0.4, -0.2) is 42.2 Å². The van der Waals surface area contributed by atoms with Crippen LogP contribution in [0.4, 0.5) is 5.82 Å². The van der Waals surface area contributed by atoms with E-state index >= 15 is 0 Å². The summed E-state index contributed by atoms with van der Waals surface area (Å²) >= 11 is 0. The summed E-state index contributed by atoms with van der Waals surface area (Å²) in [5.74, 6) is 2.77. The number of hydrogen-bond donors (Lipinski definition) is 0. The quantitative estimate of drug-likeness (QED) is 0.661. The molecule has 4 rings (SSSR count). The third kappa shape index (κ3) is 4.02. The molecule has 1 aliphatic rings. The van der Waals surface area contributed by atoms with Crippen molar-refractivity contribution in [3.8, 4) is 0 Å². The fourth-order valence-electron chi connectivity index (χ4n) is 3.85. The van der Waals surface area contributed by atoms with Gasteiger partial charge in [-0.05, 0) is 30.6 Å². The number of aromatic nitrogens is 6. The third-order valence-electron chi connectivity index (χ3n) is 5.73. The van der Waals surface area contributed by atoms with E-state index in [-0.39, 0.29) is 11.5 Å².